The topological polar surface area (TPSA) is 123 Å². The molecule has 1 amide bonds. The third kappa shape index (κ3) is 9.13. The standard InChI is InChI=1S/C40H65NO7S/c1-10-11-15-27(35(45)32(44)20-26-16-17-26)21-31(43)34-33-30(39(33,8)9)24-41(34)36(46)29(37(2,3)4)22-28(42)23-40(18-13-12-14-19-40)25-49(47,48)38(5,6)7/h26-27,29-30,33-34H,10-25H2,1-9H3/t27-,29-,30+,33+,34-/m1/s1/i10D2,12D2,13D2,14D2,15D2,18D2,19D2,27D. The number of carbonyl (C=O) groups is 5. The molecule has 1 heterocycles. The summed E-state index contributed by atoms with van der Waals surface area (Å²) in [7, 11) is -4.76. The fourth-order valence-electron chi connectivity index (χ4n) is 7.14. The van der Waals surface area contributed by atoms with Crippen molar-refractivity contribution in [1.82, 2.24) is 4.90 Å². The smallest absolute Gasteiger partial charge is 0.227 e. The van der Waals surface area contributed by atoms with Crippen LogP contribution in [0.2, 0.25) is 0 Å². The van der Waals surface area contributed by atoms with Crippen molar-refractivity contribution in [3.63, 3.8) is 0 Å². The Morgan fingerprint density at radius 2 is 1.59 bits per heavy atom. The fraction of sp³-hybridized carbons (Fsp3) is 0.875. The third-order valence-electron chi connectivity index (χ3n) is 10.7. The summed E-state index contributed by atoms with van der Waals surface area (Å²) >= 11 is 0. The Morgan fingerprint density at radius 3 is 2.12 bits per heavy atom. The van der Waals surface area contributed by atoms with Gasteiger partial charge >= 0.3 is 0 Å². The van der Waals surface area contributed by atoms with Crippen LogP contribution in [0.1, 0.15) is 172 Å². The van der Waals surface area contributed by atoms with E-state index in [-0.39, 0.29) is 24.8 Å². The first-order valence-electron chi connectivity index (χ1n) is 24.7. The summed E-state index contributed by atoms with van der Waals surface area (Å²) in [6.45, 7) is 12.7. The van der Waals surface area contributed by atoms with Gasteiger partial charge in [0, 0.05) is 64.6 Å². The lowest BCUT2D eigenvalue weighted by Crippen LogP contribution is -2.51. The summed E-state index contributed by atoms with van der Waals surface area (Å²) in [5, 5.41) is 0. The molecule has 3 saturated carbocycles. The second-order valence-electron chi connectivity index (χ2n) is 17.0. The molecule has 1 aliphatic heterocycles. The van der Waals surface area contributed by atoms with Crippen molar-refractivity contribution < 1.29 is 53.0 Å². The summed E-state index contributed by atoms with van der Waals surface area (Å²) in [5.41, 5.74) is -5.24. The number of likely N-dealkylation sites (tertiary alicyclic amines) is 1. The van der Waals surface area contributed by atoms with Gasteiger partial charge in [0.1, 0.15) is 5.78 Å². The fourth-order valence-corrected chi connectivity index (χ4v) is 8.47. The monoisotopic (exact) mass is 719 g/mol. The van der Waals surface area contributed by atoms with Crippen LogP contribution in [0.25, 0.3) is 0 Å². The molecule has 0 unspecified atom stereocenters. The van der Waals surface area contributed by atoms with Gasteiger partial charge < -0.3 is 4.90 Å². The van der Waals surface area contributed by atoms with Crippen molar-refractivity contribution in [2.75, 3.05) is 12.3 Å². The number of carbonyl (C=O) groups excluding carboxylic acids is 5. The number of piperidine rings is 1. The molecule has 49 heavy (non-hydrogen) atoms. The van der Waals surface area contributed by atoms with Gasteiger partial charge in [-0.3, -0.25) is 24.0 Å². The minimum atomic E-state index is -4.76. The molecule has 0 spiro atoms. The number of hydrogen-bond donors (Lipinski definition) is 0. The number of Topliss-reactive ketones (excluding diaryl/α,β-unsaturated/α-hetero) is 4. The molecule has 0 bridgehead atoms. The van der Waals surface area contributed by atoms with Crippen molar-refractivity contribution in [3.8, 4) is 0 Å². The van der Waals surface area contributed by atoms with Crippen LogP contribution >= 0.6 is 0 Å². The molecule has 278 valence electrons. The normalized spacial score (nSPS) is 37.0. The molecule has 0 aromatic carbocycles. The van der Waals surface area contributed by atoms with Gasteiger partial charge in [-0.2, -0.15) is 0 Å². The summed E-state index contributed by atoms with van der Waals surface area (Å²) < 4.78 is 156. The average Bonchev–Trinajstić information content (AvgIpc) is 3.93. The van der Waals surface area contributed by atoms with Crippen molar-refractivity contribution in [2.24, 2.45) is 45.8 Å². The van der Waals surface area contributed by atoms with Crippen LogP contribution < -0.4 is 0 Å². The Kier molecular flexibility index (Phi) is 7.04. The Balaban J connectivity index is 1.80. The van der Waals surface area contributed by atoms with Gasteiger partial charge in [-0.05, 0) is 86.7 Å². The maximum Gasteiger partial charge on any atom is 0.227 e. The van der Waals surface area contributed by atoms with E-state index < -0.39 is 160 Å². The largest absolute Gasteiger partial charge is 0.332 e. The summed E-state index contributed by atoms with van der Waals surface area (Å²) in [6, 6.07) is -1.43. The maximum atomic E-state index is 14.9. The van der Waals surface area contributed by atoms with Crippen LogP contribution in [0.4, 0.5) is 0 Å². The molecule has 4 aliphatic rings. The zero-order chi connectivity index (χ0) is 50.2. The van der Waals surface area contributed by atoms with E-state index in [1.807, 2.05) is 13.8 Å². The van der Waals surface area contributed by atoms with Gasteiger partial charge in [-0.1, -0.05) is 73.5 Å². The molecule has 3 aliphatic carbocycles. The average molecular weight is 719 g/mol. The second kappa shape index (κ2) is 14.6. The minimum absolute atomic E-state index is 0.0913. The quantitative estimate of drug-likeness (QED) is 0.144. The SMILES string of the molecule is [2H]C([2H])(C)CC([2H])([2H])[C@]([2H])(CC(=O)[C@@H]1[C@@H]2[C@H](CN1C(=O)[C@@H](CC(=O)CC1(CS(=O)(=O)C(C)(C)C)C([2H])([2H])C([2H])([2H])C([2H])([2H])C([2H])([2H])C1([2H])[2H])C(C)(C)C)C2(C)C)C(=O)C(=O)CC1CC1. The molecule has 0 aromatic rings. The molecule has 0 N–H and O–H groups in total. The van der Waals surface area contributed by atoms with Crippen molar-refractivity contribution >= 4 is 38.9 Å². The number of ketones is 4. The number of fused-ring (bicyclic) bond motifs is 1. The van der Waals surface area contributed by atoms with Crippen molar-refractivity contribution in [1.29, 1.82) is 0 Å². The highest BCUT2D eigenvalue weighted by Gasteiger charge is 2.69. The predicted octanol–water partition coefficient (Wildman–Crippen LogP) is 7.35. The van der Waals surface area contributed by atoms with Gasteiger partial charge in [0.25, 0.3) is 0 Å². The zero-order valence-electron chi connectivity index (χ0n) is 45.5. The van der Waals surface area contributed by atoms with Gasteiger partial charge in [0.05, 0.1) is 16.5 Å². The van der Waals surface area contributed by atoms with E-state index >= 15 is 0 Å². The summed E-state index contributed by atoms with van der Waals surface area (Å²) in [4.78, 5) is 72.3. The Morgan fingerprint density at radius 1 is 0.980 bits per heavy atom. The first-order valence-corrected chi connectivity index (χ1v) is 18.9. The Labute approximate surface area is 317 Å². The Bertz CT molecular complexity index is 2020. The van der Waals surface area contributed by atoms with Crippen LogP contribution in [-0.2, 0) is 33.8 Å². The van der Waals surface area contributed by atoms with E-state index in [1.165, 1.54) is 41.5 Å². The van der Waals surface area contributed by atoms with E-state index in [0.29, 0.717) is 12.8 Å². The van der Waals surface area contributed by atoms with Gasteiger partial charge in [0.15, 0.2) is 21.4 Å². The molecule has 0 radical (unpaired) electrons. The first-order chi connectivity index (χ1) is 28.1. The number of hydrogen-bond acceptors (Lipinski definition) is 7. The molecule has 9 heteroatoms. The molecule has 8 nitrogen and oxygen atoms in total. The van der Waals surface area contributed by atoms with E-state index in [1.54, 1.807) is 0 Å². The lowest BCUT2D eigenvalue weighted by Gasteiger charge is -2.40. The second-order valence-corrected chi connectivity index (χ2v) is 19.8. The zero-order valence-corrected chi connectivity index (χ0v) is 31.3. The van der Waals surface area contributed by atoms with Gasteiger partial charge in [-0.15, -0.1) is 0 Å². The van der Waals surface area contributed by atoms with Crippen LogP contribution in [0.5, 0.6) is 0 Å². The minimum Gasteiger partial charge on any atom is -0.332 e. The first kappa shape index (κ1) is 23.6. The van der Waals surface area contributed by atoms with Crippen LogP contribution in [0.15, 0.2) is 0 Å². The lowest BCUT2D eigenvalue weighted by molar-refractivity contribution is -0.148. The molecule has 5 atom stereocenters. The molecule has 1 saturated heterocycles. The molecular weight excluding hydrogens is 639 g/mol. The molecule has 0 aromatic heterocycles. The van der Waals surface area contributed by atoms with Crippen LogP contribution in [-0.4, -0.2) is 65.4 Å². The number of nitrogens with zero attached hydrogens (tertiary/aromatic N) is 1. The molecular formula is C40H65NO7S. The molecule has 4 rings (SSSR count). The number of rotatable bonds is 17. The van der Waals surface area contributed by atoms with E-state index in [2.05, 4.69) is 0 Å². The predicted molar refractivity (Wildman–Crippen MR) is 192 cm³/mol. The number of sulfone groups is 1. The van der Waals surface area contributed by atoms with Gasteiger partial charge in [-0.25, -0.2) is 8.42 Å². The Hall–Kier alpha value is -1.90. The summed E-state index contributed by atoms with van der Waals surface area (Å²) in [6.07, 6.45) is -28.5. The number of amides is 1. The van der Waals surface area contributed by atoms with E-state index in [4.69, 9.17) is 19.2 Å². The summed E-state index contributed by atoms with van der Waals surface area (Å²) in [5.74, 6) is -12.9. The van der Waals surface area contributed by atoms with E-state index in [9.17, 15) is 33.8 Å². The highest BCUT2D eigenvalue weighted by molar-refractivity contribution is 7.92. The third-order valence-corrected chi connectivity index (χ3v) is 13.5. The van der Waals surface area contributed by atoms with Crippen molar-refractivity contribution in [3.05, 3.63) is 0 Å². The highest BCUT2D eigenvalue weighted by Crippen LogP contribution is 2.65. The maximum absolute atomic E-state index is 14.9. The van der Waals surface area contributed by atoms with Crippen molar-refractivity contribution in [2.45, 2.75) is 163 Å². The van der Waals surface area contributed by atoms with Crippen LogP contribution in [0.3, 0.4) is 0 Å². The van der Waals surface area contributed by atoms with Gasteiger partial charge in [0.2, 0.25) is 11.7 Å². The molecule has 4 fully saturated rings. The van der Waals surface area contributed by atoms with E-state index in [0.717, 1.165) is 11.8 Å². The van der Waals surface area contributed by atoms with Crippen LogP contribution in [0, 0.1) is 45.8 Å². The lowest BCUT2D eigenvalue weighted by atomic mass is 9.70. The highest BCUT2D eigenvalue weighted by atomic mass is 32.2.